The van der Waals surface area contributed by atoms with Gasteiger partial charge in [-0.3, -0.25) is 0 Å². The van der Waals surface area contributed by atoms with E-state index in [-0.39, 0.29) is 17.5 Å². The summed E-state index contributed by atoms with van der Waals surface area (Å²) in [5.74, 6) is 0.978. The zero-order valence-electron chi connectivity index (χ0n) is 12.3. The number of hydrogen-bond acceptors (Lipinski definition) is 3. The quantitative estimate of drug-likeness (QED) is 0.836. The topological polar surface area (TPSA) is 46.2 Å². The average Bonchev–Trinajstić information content (AvgIpc) is 2.36. The average molecular weight is 283 g/mol. The largest absolute Gasteiger partial charge is 0.312 e. The first-order valence-electron chi connectivity index (χ1n) is 6.84. The maximum absolute atomic E-state index is 11.7. The second kappa shape index (κ2) is 7.06. The summed E-state index contributed by atoms with van der Waals surface area (Å²) >= 11 is 0. The minimum atomic E-state index is -2.97. The molecule has 0 radical (unpaired) electrons. The summed E-state index contributed by atoms with van der Waals surface area (Å²) in [4.78, 5) is 0. The Hall–Kier alpha value is -0.870. The Bertz CT molecular complexity index is 477. The SMILES string of the molecule is CCS(=O)(=O)CC(NC)c1ccc(CC(C)C)cc1. The summed E-state index contributed by atoms with van der Waals surface area (Å²) in [6.45, 7) is 6.07. The van der Waals surface area contributed by atoms with Crippen LogP contribution in [-0.4, -0.2) is 27.0 Å². The molecule has 1 aromatic carbocycles. The highest BCUT2D eigenvalue weighted by atomic mass is 32.2. The van der Waals surface area contributed by atoms with E-state index in [2.05, 4.69) is 31.3 Å². The molecule has 0 aliphatic heterocycles. The van der Waals surface area contributed by atoms with E-state index >= 15 is 0 Å². The van der Waals surface area contributed by atoms with Crippen molar-refractivity contribution < 1.29 is 8.42 Å². The fourth-order valence-corrected chi connectivity index (χ4v) is 3.18. The summed E-state index contributed by atoms with van der Waals surface area (Å²) in [6.07, 6.45) is 1.05. The fraction of sp³-hybridized carbons (Fsp3) is 0.600. The van der Waals surface area contributed by atoms with E-state index in [9.17, 15) is 8.42 Å². The van der Waals surface area contributed by atoms with Crippen molar-refractivity contribution in [2.45, 2.75) is 33.2 Å². The molecule has 0 saturated heterocycles. The van der Waals surface area contributed by atoms with E-state index in [0.717, 1.165) is 12.0 Å². The van der Waals surface area contributed by atoms with Crippen LogP contribution >= 0.6 is 0 Å². The van der Waals surface area contributed by atoms with E-state index in [1.165, 1.54) is 5.56 Å². The van der Waals surface area contributed by atoms with Gasteiger partial charge in [0, 0.05) is 11.8 Å². The van der Waals surface area contributed by atoms with Gasteiger partial charge in [-0.2, -0.15) is 0 Å². The highest BCUT2D eigenvalue weighted by Gasteiger charge is 2.17. The maximum Gasteiger partial charge on any atom is 0.151 e. The molecule has 0 bridgehead atoms. The van der Waals surface area contributed by atoms with Gasteiger partial charge in [0.15, 0.2) is 9.84 Å². The van der Waals surface area contributed by atoms with Crippen molar-refractivity contribution >= 4 is 9.84 Å². The summed E-state index contributed by atoms with van der Waals surface area (Å²) in [5, 5.41) is 3.09. The van der Waals surface area contributed by atoms with Gasteiger partial charge in [0.1, 0.15) is 0 Å². The molecule has 0 aromatic heterocycles. The minimum absolute atomic E-state index is 0.127. The summed E-state index contributed by atoms with van der Waals surface area (Å²) in [5.41, 5.74) is 2.33. The second-order valence-electron chi connectivity index (χ2n) is 5.38. The van der Waals surface area contributed by atoms with Crippen LogP contribution in [0, 0.1) is 5.92 Å². The van der Waals surface area contributed by atoms with Gasteiger partial charge in [-0.1, -0.05) is 45.0 Å². The summed E-state index contributed by atoms with van der Waals surface area (Å²) in [7, 11) is -1.17. The molecule has 1 aromatic rings. The van der Waals surface area contributed by atoms with E-state index in [4.69, 9.17) is 0 Å². The lowest BCUT2D eigenvalue weighted by Crippen LogP contribution is -2.26. The fourth-order valence-electron chi connectivity index (χ4n) is 2.08. The Kier molecular flexibility index (Phi) is 6.01. The van der Waals surface area contributed by atoms with Crippen LogP contribution in [0.15, 0.2) is 24.3 Å². The van der Waals surface area contributed by atoms with Gasteiger partial charge in [-0.05, 0) is 30.5 Å². The molecule has 0 amide bonds. The molecule has 0 aliphatic carbocycles. The van der Waals surface area contributed by atoms with E-state index in [1.807, 2.05) is 12.1 Å². The zero-order valence-corrected chi connectivity index (χ0v) is 13.1. The van der Waals surface area contributed by atoms with Crippen LogP contribution in [0.1, 0.15) is 37.9 Å². The number of hydrogen-bond donors (Lipinski definition) is 1. The van der Waals surface area contributed by atoms with Gasteiger partial charge in [0.2, 0.25) is 0 Å². The molecule has 0 heterocycles. The van der Waals surface area contributed by atoms with Crippen molar-refractivity contribution in [3.63, 3.8) is 0 Å². The molecule has 0 fully saturated rings. The molecule has 0 aliphatic rings. The van der Waals surface area contributed by atoms with Gasteiger partial charge in [0.25, 0.3) is 0 Å². The molecule has 4 heteroatoms. The lowest BCUT2D eigenvalue weighted by molar-refractivity contribution is 0.575. The van der Waals surface area contributed by atoms with E-state index in [0.29, 0.717) is 5.92 Å². The Labute approximate surface area is 117 Å². The molecule has 1 N–H and O–H groups in total. The van der Waals surface area contributed by atoms with Crippen LogP contribution in [0.5, 0.6) is 0 Å². The molecule has 0 spiro atoms. The molecule has 1 atom stereocenters. The highest BCUT2D eigenvalue weighted by Crippen LogP contribution is 2.17. The van der Waals surface area contributed by atoms with Crippen molar-refractivity contribution in [1.82, 2.24) is 5.32 Å². The van der Waals surface area contributed by atoms with Crippen LogP contribution in [0.25, 0.3) is 0 Å². The van der Waals surface area contributed by atoms with Crippen molar-refractivity contribution in [2.24, 2.45) is 5.92 Å². The first-order chi connectivity index (χ1) is 8.88. The molecule has 0 saturated carbocycles. The van der Waals surface area contributed by atoms with Crippen molar-refractivity contribution in [3.05, 3.63) is 35.4 Å². The van der Waals surface area contributed by atoms with Gasteiger partial charge in [-0.25, -0.2) is 8.42 Å². The Morgan fingerprint density at radius 2 is 1.74 bits per heavy atom. The Morgan fingerprint density at radius 3 is 2.16 bits per heavy atom. The summed E-state index contributed by atoms with van der Waals surface area (Å²) < 4.78 is 23.4. The monoisotopic (exact) mass is 283 g/mol. The van der Waals surface area contributed by atoms with Crippen LogP contribution in [0.4, 0.5) is 0 Å². The smallest absolute Gasteiger partial charge is 0.151 e. The predicted molar refractivity (Wildman–Crippen MR) is 81.1 cm³/mol. The normalized spacial score (nSPS) is 13.7. The van der Waals surface area contributed by atoms with Gasteiger partial charge in [-0.15, -0.1) is 0 Å². The molecule has 1 rings (SSSR count). The van der Waals surface area contributed by atoms with Crippen molar-refractivity contribution in [2.75, 3.05) is 18.6 Å². The van der Waals surface area contributed by atoms with Gasteiger partial charge >= 0.3 is 0 Å². The van der Waals surface area contributed by atoms with Crippen LogP contribution in [0.2, 0.25) is 0 Å². The minimum Gasteiger partial charge on any atom is -0.312 e. The number of rotatable bonds is 7. The first kappa shape index (κ1) is 16.2. The van der Waals surface area contributed by atoms with E-state index < -0.39 is 9.84 Å². The summed E-state index contributed by atoms with van der Waals surface area (Å²) in [6, 6.07) is 8.13. The number of sulfone groups is 1. The molecule has 19 heavy (non-hydrogen) atoms. The van der Waals surface area contributed by atoms with Crippen molar-refractivity contribution in [3.8, 4) is 0 Å². The third kappa shape index (κ3) is 5.33. The number of benzene rings is 1. The van der Waals surface area contributed by atoms with Crippen LogP contribution in [0.3, 0.4) is 0 Å². The van der Waals surface area contributed by atoms with Crippen LogP contribution in [-0.2, 0) is 16.3 Å². The predicted octanol–water partition coefficient (Wildman–Crippen LogP) is 2.58. The molecule has 108 valence electrons. The Balaban J connectivity index is 2.82. The van der Waals surface area contributed by atoms with E-state index in [1.54, 1.807) is 14.0 Å². The van der Waals surface area contributed by atoms with Gasteiger partial charge in [0.05, 0.1) is 5.75 Å². The second-order valence-corrected chi connectivity index (χ2v) is 7.78. The number of nitrogens with one attached hydrogen (secondary N) is 1. The zero-order chi connectivity index (χ0) is 14.5. The molecular weight excluding hydrogens is 258 g/mol. The lowest BCUT2D eigenvalue weighted by Gasteiger charge is -2.17. The standard InChI is InChI=1S/C15H25NO2S/c1-5-19(17,18)11-15(16-4)14-8-6-13(7-9-14)10-12(2)3/h6-9,12,15-16H,5,10-11H2,1-4H3. The molecular formula is C15H25NO2S. The molecule has 1 unspecified atom stereocenters. The lowest BCUT2D eigenvalue weighted by atomic mass is 10.00. The first-order valence-corrected chi connectivity index (χ1v) is 8.66. The third-order valence-electron chi connectivity index (χ3n) is 3.23. The van der Waals surface area contributed by atoms with Gasteiger partial charge < -0.3 is 5.32 Å². The highest BCUT2D eigenvalue weighted by molar-refractivity contribution is 7.91. The third-order valence-corrected chi connectivity index (χ3v) is 4.96. The Morgan fingerprint density at radius 1 is 1.16 bits per heavy atom. The van der Waals surface area contributed by atoms with Crippen molar-refractivity contribution in [1.29, 1.82) is 0 Å². The van der Waals surface area contributed by atoms with Crippen LogP contribution < -0.4 is 5.32 Å². The maximum atomic E-state index is 11.7. The molecule has 3 nitrogen and oxygen atoms in total.